The van der Waals surface area contributed by atoms with Gasteiger partial charge in [-0.25, -0.2) is 4.98 Å². The summed E-state index contributed by atoms with van der Waals surface area (Å²) < 4.78 is 0. The average Bonchev–Trinajstić information content (AvgIpc) is 2.79. The predicted molar refractivity (Wildman–Crippen MR) is 110 cm³/mol. The van der Waals surface area contributed by atoms with Crippen molar-refractivity contribution >= 4 is 46.2 Å². The summed E-state index contributed by atoms with van der Waals surface area (Å²) in [5, 5.41) is 4.02. The number of hydrogen-bond donors (Lipinski definition) is 1. The third-order valence-corrected chi connectivity index (χ3v) is 4.86. The lowest BCUT2D eigenvalue weighted by Gasteiger charge is -2.10. The maximum Gasteiger partial charge on any atom is 0.230 e. The molecule has 0 spiro atoms. The highest BCUT2D eigenvalue weighted by atomic mass is 35.5. The Balaban J connectivity index is 1.79. The summed E-state index contributed by atoms with van der Waals surface area (Å²) in [7, 11) is 0. The minimum atomic E-state index is -0.120. The van der Waals surface area contributed by atoms with Crippen molar-refractivity contribution in [2.24, 2.45) is 4.99 Å². The van der Waals surface area contributed by atoms with Gasteiger partial charge in [0, 0.05) is 16.8 Å². The number of hydrogen-bond acceptors (Lipinski definition) is 3. The minimum Gasteiger partial charge on any atom is -0.324 e. The largest absolute Gasteiger partial charge is 0.324 e. The van der Waals surface area contributed by atoms with Crippen molar-refractivity contribution in [3.8, 4) is 11.1 Å². The highest BCUT2D eigenvalue weighted by Gasteiger charge is 2.18. The lowest BCUT2D eigenvalue weighted by Crippen LogP contribution is -2.15. The fourth-order valence-electron chi connectivity index (χ4n) is 3.13. The molecule has 2 aromatic carbocycles. The molecule has 6 heteroatoms. The van der Waals surface area contributed by atoms with Gasteiger partial charge < -0.3 is 5.32 Å². The van der Waals surface area contributed by atoms with Crippen molar-refractivity contribution in [2.75, 3.05) is 5.32 Å². The second kappa shape index (κ2) is 7.14. The van der Waals surface area contributed by atoms with Crippen molar-refractivity contribution in [2.45, 2.75) is 13.3 Å². The summed E-state index contributed by atoms with van der Waals surface area (Å²) in [5.74, 6) is -0.120. The van der Waals surface area contributed by atoms with E-state index in [0.29, 0.717) is 27.3 Å². The number of nitrogens with zero attached hydrogens (tertiary/aromatic N) is 2. The van der Waals surface area contributed by atoms with Crippen LogP contribution in [-0.4, -0.2) is 16.6 Å². The molecule has 1 aromatic heterocycles. The Morgan fingerprint density at radius 1 is 1.00 bits per heavy atom. The first-order valence-electron chi connectivity index (χ1n) is 8.39. The van der Waals surface area contributed by atoms with Gasteiger partial charge in [0.1, 0.15) is 5.15 Å². The molecule has 0 radical (unpaired) electrons. The molecule has 134 valence electrons. The lowest BCUT2D eigenvalue weighted by molar-refractivity contribution is -0.115. The molecule has 1 aliphatic heterocycles. The van der Waals surface area contributed by atoms with Crippen LogP contribution in [0.2, 0.25) is 10.2 Å². The van der Waals surface area contributed by atoms with Crippen LogP contribution in [0.5, 0.6) is 0 Å². The molecule has 3 aromatic rings. The maximum absolute atomic E-state index is 12.4. The summed E-state index contributed by atoms with van der Waals surface area (Å²) in [6.45, 7) is 2.01. The van der Waals surface area contributed by atoms with Gasteiger partial charge in [-0.2, -0.15) is 0 Å². The number of carbonyl (C=O) groups is 1. The Kier molecular flexibility index (Phi) is 4.68. The van der Waals surface area contributed by atoms with E-state index in [1.165, 1.54) is 0 Å². The van der Waals surface area contributed by atoms with E-state index in [1.807, 2.05) is 43.3 Å². The summed E-state index contributed by atoms with van der Waals surface area (Å²) in [6.07, 6.45) is 1.78. The smallest absolute Gasteiger partial charge is 0.230 e. The fraction of sp³-hybridized carbons (Fsp3) is 0.0952. The normalized spacial score (nSPS) is 13.4. The third kappa shape index (κ3) is 3.72. The molecule has 0 fully saturated rings. The highest BCUT2D eigenvalue weighted by molar-refractivity contribution is 6.31. The minimum absolute atomic E-state index is 0.120. The number of carbonyl (C=O) groups excluding carboxylic acids is 1. The number of rotatable bonds is 2. The molecule has 0 aliphatic carbocycles. The number of nitrogens with one attached hydrogen (secondary N) is 1. The molecular formula is C21H15Cl2N3O. The molecule has 4 nitrogen and oxygen atoms in total. The van der Waals surface area contributed by atoms with Crippen LogP contribution in [0.15, 0.2) is 59.7 Å². The first kappa shape index (κ1) is 17.7. The molecule has 27 heavy (non-hydrogen) atoms. The summed E-state index contributed by atoms with van der Waals surface area (Å²) >= 11 is 12.0. The van der Waals surface area contributed by atoms with Crippen LogP contribution in [0.25, 0.3) is 11.1 Å². The second-order valence-electron chi connectivity index (χ2n) is 6.34. The van der Waals surface area contributed by atoms with Crippen molar-refractivity contribution in [3.05, 3.63) is 76.0 Å². The van der Waals surface area contributed by atoms with Gasteiger partial charge in [-0.1, -0.05) is 35.3 Å². The van der Waals surface area contributed by atoms with E-state index in [-0.39, 0.29) is 12.3 Å². The van der Waals surface area contributed by atoms with E-state index in [1.54, 1.807) is 18.3 Å². The Morgan fingerprint density at radius 2 is 1.85 bits per heavy atom. The molecule has 0 saturated carbocycles. The van der Waals surface area contributed by atoms with Gasteiger partial charge in [0.25, 0.3) is 0 Å². The molecule has 0 bridgehead atoms. The van der Waals surface area contributed by atoms with Gasteiger partial charge in [0.05, 0.1) is 23.5 Å². The van der Waals surface area contributed by atoms with E-state index in [4.69, 9.17) is 28.2 Å². The molecule has 1 N–H and O–H groups in total. The zero-order valence-electron chi connectivity index (χ0n) is 14.5. The van der Waals surface area contributed by atoms with E-state index >= 15 is 0 Å². The maximum atomic E-state index is 12.4. The van der Waals surface area contributed by atoms with Gasteiger partial charge in [-0.15, -0.1) is 0 Å². The number of amides is 1. The van der Waals surface area contributed by atoms with Crippen LogP contribution in [0, 0.1) is 6.92 Å². The number of aryl methyl sites for hydroxylation is 1. The number of pyridine rings is 1. The second-order valence-corrected chi connectivity index (χ2v) is 7.17. The van der Waals surface area contributed by atoms with Crippen molar-refractivity contribution in [1.82, 2.24) is 4.98 Å². The number of benzene rings is 2. The predicted octanol–water partition coefficient (Wildman–Crippen LogP) is 5.83. The zero-order chi connectivity index (χ0) is 19.0. The van der Waals surface area contributed by atoms with Crippen molar-refractivity contribution < 1.29 is 4.79 Å². The molecule has 1 aliphatic rings. The Hall–Kier alpha value is -2.69. The highest BCUT2D eigenvalue weighted by Crippen LogP contribution is 2.35. The lowest BCUT2D eigenvalue weighted by atomic mass is 9.99. The Morgan fingerprint density at radius 3 is 2.63 bits per heavy atom. The quantitative estimate of drug-likeness (QED) is 0.555. The van der Waals surface area contributed by atoms with E-state index in [9.17, 15) is 4.79 Å². The number of fused-ring (bicyclic) bond motifs is 1. The van der Waals surface area contributed by atoms with Gasteiger partial charge in [-0.3, -0.25) is 9.79 Å². The molecule has 0 unspecified atom stereocenters. The fourth-order valence-corrected chi connectivity index (χ4v) is 3.53. The Bertz CT molecular complexity index is 1090. The van der Waals surface area contributed by atoms with Gasteiger partial charge >= 0.3 is 0 Å². The van der Waals surface area contributed by atoms with E-state index < -0.39 is 0 Å². The van der Waals surface area contributed by atoms with E-state index in [0.717, 1.165) is 22.3 Å². The van der Waals surface area contributed by atoms with E-state index in [2.05, 4.69) is 10.3 Å². The number of halogens is 2. The molecule has 2 heterocycles. The topological polar surface area (TPSA) is 54.4 Å². The summed E-state index contributed by atoms with van der Waals surface area (Å²) in [5.41, 5.74) is 5.96. The SMILES string of the molecule is Cc1cc(Cl)ccc1-c1ccc2c(c1)NC(=O)CC(c1ccnc(Cl)c1)=N2. The van der Waals surface area contributed by atoms with Crippen LogP contribution >= 0.6 is 23.2 Å². The molecule has 0 saturated heterocycles. The molecule has 4 rings (SSSR count). The molecule has 0 atom stereocenters. The van der Waals surface area contributed by atoms with Crippen LogP contribution in [0.3, 0.4) is 0 Å². The molecule has 1 amide bonds. The number of aliphatic imine (C=N–C) groups is 1. The van der Waals surface area contributed by atoms with Crippen LogP contribution in [-0.2, 0) is 4.79 Å². The average molecular weight is 396 g/mol. The number of aromatic nitrogens is 1. The standard InChI is InChI=1S/C21H15Cl2N3O/c1-12-8-15(22)3-4-16(12)13-2-5-17-19(9-13)26-21(27)11-18(25-17)14-6-7-24-20(23)10-14/h2-10H,11H2,1H3,(H,26,27). The zero-order valence-corrected chi connectivity index (χ0v) is 16.0. The van der Waals surface area contributed by atoms with Gasteiger partial charge in [-0.05, 0) is 60.0 Å². The summed E-state index contributed by atoms with van der Waals surface area (Å²) in [4.78, 5) is 21.1. The third-order valence-electron chi connectivity index (χ3n) is 4.41. The van der Waals surface area contributed by atoms with Gasteiger partial charge in [0.2, 0.25) is 5.91 Å². The summed E-state index contributed by atoms with van der Waals surface area (Å²) in [6, 6.07) is 15.1. The Labute approximate surface area is 166 Å². The van der Waals surface area contributed by atoms with Crippen LogP contribution in [0.1, 0.15) is 17.5 Å². The first-order chi connectivity index (χ1) is 13.0. The number of anilines is 1. The van der Waals surface area contributed by atoms with Gasteiger partial charge in [0.15, 0.2) is 0 Å². The first-order valence-corrected chi connectivity index (χ1v) is 9.15. The monoisotopic (exact) mass is 395 g/mol. The van der Waals surface area contributed by atoms with Crippen molar-refractivity contribution in [1.29, 1.82) is 0 Å². The van der Waals surface area contributed by atoms with Crippen LogP contribution in [0.4, 0.5) is 11.4 Å². The van der Waals surface area contributed by atoms with Crippen LogP contribution < -0.4 is 5.32 Å². The molecular weight excluding hydrogens is 381 g/mol. The van der Waals surface area contributed by atoms with Crippen molar-refractivity contribution in [3.63, 3.8) is 0 Å².